The Morgan fingerprint density at radius 1 is 1.28 bits per heavy atom. The average Bonchev–Trinajstić information content (AvgIpc) is 3.15. The number of fused-ring (bicyclic) bond motifs is 1. The highest BCUT2D eigenvalue weighted by Gasteiger charge is 2.12. The maximum absolute atomic E-state index is 5.88. The van der Waals surface area contributed by atoms with Crippen LogP contribution in [-0.4, -0.2) is 36.7 Å². The van der Waals surface area contributed by atoms with E-state index in [4.69, 9.17) is 8.94 Å². The molecule has 3 rings (SSSR count). The quantitative estimate of drug-likeness (QED) is 0.570. The molecule has 0 aliphatic rings. The van der Waals surface area contributed by atoms with Crippen LogP contribution in [0.25, 0.3) is 11.0 Å². The molecule has 0 aliphatic carbocycles. The number of hydrogen-bond donors (Lipinski definition) is 1. The van der Waals surface area contributed by atoms with E-state index in [-0.39, 0.29) is 0 Å². The van der Waals surface area contributed by atoms with Crippen LogP contribution < -0.4 is 5.32 Å². The number of hydrogen-bond acceptors (Lipinski definition) is 4. The van der Waals surface area contributed by atoms with Gasteiger partial charge < -0.3 is 19.2 Å². The smallest absolute Gasteiger partial charge is 0.193 e. The SMILES string of the molecule is CN=C(NCCc1c(C)noc1C)N(C)Cc1cc2ccccc2o1. The maximum atomic E-state index is 5.88. The fourth-order valence-corrected chi connectivity index (χ4v) is 2.97. The average molecular weight is 340 g/mol. The molecule has 0 saturated heterocycles. The fraction of sp³-hybridized carbons (Fsp3) is 0.368. The molecular weight excluding hydrogens is 316 g/mol. The second kappa shape index (κ2) is 7.42. The minimum atomic E-state index is 0.652. The molecular formula is C19H24N4O2. The van der Waals surface area contributed by atoms with Gasteiger partial charge in [0, 0.05) is 31.6 Å². The van der Waals surface area contributed by atoms with Gasteiger partial charge in [0.15, 0.2) is 5.96 Å². The maximum Gasteiger partial charge on any atom is 0.193 e. The summed E-state index contributed by atoms with van der Waals surface area (Å²) in [5, 5.41) is 8.49. The number of para-hydroxylation sites is 1. The highest BCUT2D eigenvalue weighted by Crippen LogP contribution is 2.19. The highest BCUT2D eigenvalue weighted by molar-refractivity contribution is 5.80. The molecule has 2 heterocycles. The lowest BCUT2D eigenvalue weighted by molar-refractivity contribution is 0.392. The third kappa shape index (κ3) is 3.84. The first-order valence-corrected chi connectivity index (χ1v) is 8.39. The molecule has 1 aromatic carbocycles. The van der Waals surface area contributed by atoms with Gasteiger partial charge in [0.2, 0.25) is 0 Å². The van der Waals surface area contributed by atoms with Crippen LogP contribution in [0.1, 0.15) is 22.8 Å². The zero-order valence-corrected chi connectivity index (χ0v) is 15.2. The molecule has 3 aromatic rings. The summed E-state index contributed by atoms with van der Waals surface area (Å²) in [4.78, 5) is 6.40. The minimum Gasteiger partial charge on any atom is -0.459 e. The van der Waals surface area contributed by atoms with Crippen LogP contribution in [0.15, 0.2) is 44.3 Å². The number of aromatic nitrogens is 1. The summed E-state index contributed by atoms with van der Waals surface area (Å²) < 4.78 is 11.1. The molecule has 0 radical (unpaired) electrons. The van der Waals surface area contributed by atoms with Crippen molar-refractivity contribution in [3.05, 3.63) is 53.1 Å². The van der Waals surface area contributed by atoms with Crippen LogP contribution in [0, 0.1) is 13.8 Å². The summed E-state index contributed by atoms with van der Waals surface area (Å²) in [6.07, 6.45) is 0.846. The zero-order valence-electron chi connectivity index (χ0n) is 15.2. The molecule has 0 fully saturated rings. The number of nitrogens with zero attached hydrogens (tertiary/aromatic N) is 3. The fourth-order valence-electron chi connectivity index (χ4n) is 2.97. The van der Waals surface area contributed by atoms with Gasteiger partial charge in [-0.1, -0.05) is 23.4 Å². The second-order valence-electron chi connectivity index (χ2n) is 6.13. The van der Waals surface area contributed by atoms with E-state index >= 15 is 0 Å². The van der Waals surface area contributed by atoms with Gasteiger partial charge in [0.1, 0.15) is 17.1 Å². The van der Waals surface area contributed by atoms with Gasteiger partial charge in [0.25, 0.3) is 0 Å². The molecule has 1 N–H and O–H groups in total. The van der Waals surface area contributed by atoms with Gasteiger partial charge in [-0.05, 0) is 32.4 Å². The van der Waals surface area contributed by atoms with Gasteiger partial charge in [0.05, 0.1) is 12.2 Å². The second-order valence-corrected chi connectivity index (χ2v) is 6.13. The Labute approximate surface area is 147 Å². The van der Waals surface area contributed by atoms with Crippen LogP contribution in [0.3, 0.4) is 0 Å². The van der Waals surface area contributed by atoms with Crippen LogP contribution in [-0.2, 0) is 13.0 Å². The summed E-state index contributed by atoms with van der Waals surface area (Å²) in [6, 6.07) is 10.1. The Morgan fingerprint density at radius 2 is 2.08 bits per heavy atom. The molecule has 0 atom stereocenters. The summed E-state index contributed by atoms with van der Waals surface area (Å²) >= 11 is 0. The molecule has 0 saturated carbocycles. The lowest BCUT2D eigenvalue weighted by Gasteiger charge is -2.21. The Hall–Kier alpha value is -2.76. The third-order valence-electron chi connectivity index (χ3n) is 4.28. The Morgan fingerprint density at radius 3 is 2.76 bits per heavy atom. The molecule has 0 spiro atoms. The predicted octanol–water partition coefficient (Wildman–Crippen LogP) is 3.29. The van der Waals surface area contributed by atoms with Crippen molar-refractivity contribution < 1.29 is 8.94 Å². The van der Waals surface area contributed by atoms with E-state index in [1.165, 1.54) is 0 Å². The lowest BCUT2D eigenvalue weighted by Crippen LogP contribution is -2.39. The first kappa shape index (κ1) is 17.1. The van der Waals surface area contributed by atoms with Gasteiger partial charge in [-0.3, -0.25) is 4.99 Å². The molecule has 6 heteroatoms. The third-order valence-corrected chi connectivity index (χ3v) is 4.28. The van der Waals surface area contributed by atoms with E-state index in [1.807, 2.05) is 44.0 Å². The zero-order chi connectivity index (χ0) is 17.8. The van der Waals surface area contributed by atoms with E-state index in [9.17, 15) is 0 Å². The summed E-state index contributed by atoms with van der Waals surface area (Å²) in [7, 11) is 3.78. The first-order chi connectivity index (χ1) is 12.1. The van der Waals surface area contributed by atoms with Gasteiger partial charge in [-0.15, -0.1) is 0 Å². The first-order valence-electron chi connectivity index (χ1n) is 8.39. The summed E-state index contributed by atoms with van der Waals surface area (Å²) in [6.45, 7) is 5.33. The van der Waals surface area contributed by atoms with Crippen molar-refractivity contribution in [3.8, 4) is 0 Å². The molecule has 6 nitrogen and oxygen atoms in total. The van der Waals surface area contributed by atoms with Crippen LogP contribution in [0.2, 0.25) is 0 Å². The largest absolute Gasteiger partial charge is 0.459 e. The van der Waals surface area contributed by atoms with E-state index in [1.54, 1.807) is 7.05 Å². The van der Waals surface area contributed by atoms with E-state index in [0.29, 0.717) is 6.54 Å². The van der Waals surface area contributed by atoms with Gasteiger partial charge >= 0.3 is 0 Å². The molecule has 25 heavy (non-hydrogen) atoms. The van der Waals surface area contributed by atoms with Crippen LogP contribution >= 0.6 is 0 Å². The number of furan rings is 1. The molecule has 0 amide bonds. The van der Waals surface area contributed by atoms with Crippen LogP contribution in [0.5, 0.6) is 0 Å². The Bertz CT molecular complexity index is 826. The number of nitrogens with one attached hydrogen (secondary N) is 1. The van der Waals surface area contributed by atoms with Gasteiger partial charge in [-0.25, -0.2) is 0 Å². The summed E-state index contributed by atoms with van der Waals surface area (Å²) in [5.41, 5.74) is 3.01. The number of aryl methyl sites for hydroxylation is 2. The van der Waals surface area contributed by atoms with Crippen molar-refractivity contribution in [1.82, 2.24) is 15.4 Å². The van der Waals surface area contributed by atoms with E-state index in [2.05, 4.69) is 27.6 Å². The van der Waals surface area contributed by atoms with Gasteiger partial charge in [-0.2, -0.15) is 0 Å². The van der Waals surface area contributed by atoms with E-state index in [0.717, 1.165) is 52.7 Å². The van der Waals surface area contributed by atoms with Crippen LogP contribution in [0.4, 0.5) is 0 Å². The highest BCUT2D eigenvalue weighted by atomic mass is 16.5. The topological polar surface area (TPSA) is 66.8 Å². The molecule has 0 bridgehead atoms. The Kier molecular flexibility index (Phi) is 5.07. The standard InChI is InChI=1S/C19H24N4O2/c1-13-17(14(2)25-22-13)9-10-21-19(20-3)23(4)12-16-11-15-7-5-6-8-18(15)24-16/h5-8,11H,9-10,12H2,1-4H3,(H,20,21). The molecule has 2 aromatic heterocycles. The van der Waals surface area contributed by atoms with Crippen molar-refractivity contribution in [2.24, 2.45) is 4.99 Å². The number of benzene rings is 1. The normalized spacial score (nSPS) is 11.9. The minimum absolute atomic E-state index is 0.652. The predicted molar refractivity (Wildman–Crippen MR) is 98.7 cm³/mol. The van der Waals surface area contributed by atoms with Crippen molar-refractivity contribution >= 4 is 16.9 Å². The van der Waals surface area contributed by atoms with Crippen molar-refractivity contribution in [2.75, 3.05) is 20.6 Å². The molecule has 0 aliphatic heterocycles. The number of rotatable bonds is 5. The monoisotopic (exact) mass is 340 g/mol. The van der Waals surface area contributed by atoms with Crippen molar-refractivity contribution in [2.45, 2.75) is 26.8 Å². The summed E-state index contributed by atoms with van der Waals surface area (Å²) in [5.74, 6) is 2.62. The number of guanidine groups is 1. The Balaban J connectivity index is 1.58. The van der Waals surface area contributed by atoms with Crippen molar-refractivity contribution in [1.29, 1.82) is 0 Å². The van der Waals surface area contributed by atoms with Crippen molar-refractivity contribution in [3.63, 3.8) is 0 Å². The molecule has 0 unspecified atom stereocenters. The molecule has 132 valence electrons. The number of aliphatic imine (C=N–C) groups is 1. The lowest BCUT2D eigenvalue weighted by atomic mass is 10.1. The van der Waals surface area contributed by atoms with E-state index < -0.39 is 0 Å².